The summed E-state index contributed by atoms with van der Waals surface area (Å²) in [6, 6.07) is 11.2. The molecule has 0 aliphatic carbocycles. The van der Waals surface area contributed by atoms with E-state index in [2.05, 4.69) is 15.8 Å². The summed E-state index contributed by atoms with van der Waals surface area (Å²) in [5.41, 5.74) is 7.19. The lowest BCUT2D eigenvalue weighted by Crippen LogP contribution is -2.17. The fourth-order valence-corrected chi connectivity index (χ4v) is 3.50. The lowest BCUT2D eigenvalue weighted by molar-refractivity contribution is -0.115. The zero-order valence-electron chi connectivity index (χ0n) is 15.7. The van der Waals surface area contributed by atoms with E-state index in [1.54, 1.807) is 6.07 Å². The number of nitrogens with zero attached hydrogens (tertiary/aromatic N) is 1. The van der Waals surface area contributed by atoms with Crippen molar-refractivity contribution in [3.63, 3.8) is 0 Å². The fourth-order valence-electron chi connectivity index (χ4n) is 3.23. The molecule has 0 spiro atoms. The Kier molecular flexibility index (Phi) is 5.71. The van der Waals surface area contributed by atoms with Gasteiger partial charge in [0, 0.05) is 22.8 Å². The Morgan fingerprint density at radius 3 is 2.81 bits per heavy atom. The van der Waals surface area contributed by atoms with Crippen molar-refractivity contribution in [3.05, 3.63) is 58.1 Å². The lowest BCUT2D eigenvalue weighted by Gasteiger charge is -2.14. The van der Waals surface area contributed by atoms with Crippen LogP contribution in [0.1, 0.15) is 55.3 Å². The van der Waals surface area contributed by atoms with E-state index < -0.39 is 0 Å². The highest BCUT2D eigenvalue weighted by Gasteiger charge is 2.23. The molecule has 1 atom stereocenters. The molecule has 27 heavy (non-hydrogen) atoms. The number of phenolic OH excluding ortho intramolecular Hbond substituents is 1. The minimum Gasteiger partial charge on any atom is -0.508 e. The van der Waals surface area contributed by atoms with Crippen molar-refractivity contribution in [1.29, 1.82) is 0 Å². The Balaban J connectivity index is 1.64. The summed E-state index contributed by atoms with van der Waals surface area (Å²) in [5.74, 6) is 0.298. The molecule has 6 heteroatoms. The summed E-state index contributed by atoms with van der Waals surface area (Å²) >= 11 is 6.24. The van der Waals surface area contributed by atoms with E-state index in [4.69, 9.17) is 11.6 Å². The molecule has 0 saturated carbocycles. The molecule has 0 fully saturated rings. The number of phenols is 1. The summed E-state index contributed by atoms with van der Waals surface area (Å²) in [6.45, 7) is 5.87. The van der Waals surface area contributed by atoms with Crippen LogP contribution in [0.2, 0.25) is 5.02 Å². The molecule has 1 amide bonds. The molecule has 3 rings (SSSR count). The maximum atomic E-state index is 12.5. The Morgan fingerprint density at radius 1 is 1.37 bits per heavy atom. The second-order valence-corrected chi connectivity index (χ2v) is 7.60. The van der Waals surface area contributed by atoms with E-state index in [1.807, 2.05) is 51.1 Å². The molecule has 1 aliphatic rings. The topological polar surface area (TPSA) is 73.7 Å². The summed E-state index contributed by atoms with van der Waals surface area (Å²) in [7, 11) is 0. The third kappa shape index (κ3) is 4.42. The predicted octanol–water partition coefficient (Wildman–Crippen LogP) is 4.90. The van der Waals surface area contributed by atoms with E-state index in [0.717, 1.165) is 28.1 Å². The monoisotopic (exact) mass is 385 g/mol. The van der Waals surface area contributed by atoms with E-state index in [-0.39, 0.29) is 30.0 Å². The van der Waals surface area contributed by atoms with Crippen LogP contribution in [-0.4, -0.2) is 16.7 Å². The normalized spacial score (nSPS) is 16.2. The Bertz CT molecular complexity index is 893. The van der Waals surface area contributed by atoms with Crippen molar-refractivity contribution in [1.82, 2.24) is 5.43 Å². The number of hydrazone groups is 1. The van der Waals surface area contributed by atoms with Crippen molar-refractivity contribution >= 4 is 28.9 Å². The lowest BCUT2D eigenvalue weighted by atomic mass is 9.99. The molecule has 2 aromatic carbocycles. The van der Waals surface area contributed by atoms with Gasteiger partial charge >= 0.3 is 0 Å². The molecule has 0 radical (unpaired) electrons. The second-order valence-electron chi connectivity index (χ2n) is 7.19. The molecule has 2 aromatic rings. The molecule has 1 heterocycles. The maximum absolute atomic E-state index is 12.5. The average molecular weight is 386 g/mol. The third-order valence-electron chi connectivity index (χ3n) is 4.73. The van der Waals surface area contributed by atoms with Gasteiger partial charge in [0.2, 0.25) is 5.91 Å². The van der Waals surface area contributed by atoms with E-state index in [0.29, 0.717) is 11.4 Å². The van der Waals surface area contributed by atoms with Gasteiger partial charge in [-0.1, -0.05) is 43.6 Å². The Labute approximate surface area is 164 Å². The number of nitrogens with one attached hydrogen (secondary N) is 2. The number of hydrogen-bond donors (Lipinski definition) is 3. The molecule has 0 saturated heterocycles. The number of anilines is 1. The largest absolute Gasteiger partial charge is 0.508 e. The van der Waals surface area contributed by atoms with Crippen molar-refractivity contribution in [2.75, 3.05) is 5.32 Å². The van der Waals surface area contributed by atoms with Crippen LogP contribution in [0.15, 0.2) is 41.5 Å². The number of amides is 1. The van der Waals surface area contributed by atoms with E-state index in [9.17, 15) is 9.90 Å². The van der Waals surface area contributed by atoms with Crippen LogP contribution >= 0.6 is 11.6 Å². The first kappa shape index (κ1) is 19.2. The minimum absolute atomic E-state index is 0.00977. The predicted molar refractivity (Wildman–Crippen MR) is 110 cm³/mol. The molecule has 1 unspecified atom stereocenters. The molecule has 0 aromatic heterocycles. The molecular weight excluding hydrogens is 362 g/mol. The van der Waals surface area contributed by atoms with Gasteiger partial charge in [0.25, 0.3) is 0 Å². The summed E-state index contributed by atoms with van der Waals surface area (Å²) in [6.07, 6.45) is 0.855. The third-order valence-corrected chi connectivity index (χ3v) is 5.08. The number of halogens is 1. The van der Waals surface area contributed by atoms with Gasteiger partial charge in [-0.05, 0) is 47.7 Å². The van der Waals surface area contributed by atoms with Crippen molar-refractivity contribution in [2.45, 2.75) is 45.6 Å². The number of aromatic hydroxyl groups is 1. The van der Waals surface area contributed by atoms with E-state index >= 15 is 0 Å². The standard InChI is InChI=1S/C21H24ClN3O2/c1-12(2)16-11-18(13(3)8-20(16)26)23-21(27)10-14-9-19(25-24-14)15-6-4-5-7-17(15)22/h4-8,11-12,19,25-26H,9-10H2,1-3H3,(H,23,27). The number of rotatable bonds is 5. The summed E-state index contributed by atoms with van der Waals surface area (Å²) in [5, 5.41) is 18.0. The minimum atomic E-state index is -0.126. The average Bonchev–Trinajstić information content (AvgIpc) is 3.05. The number of hydrogen-bond acceptors (Lipinski definition) is 4. The highest BCUT2D eigenvalue weighted by molar-refractivity contribution is 6.31. The van der Waals surface area contributed by atoms with Crippen LogP contribution in [0.3, 0.4) is 0 Å². The van der Waals surface area contributed by atoms with Gasteiger partial charge in [-0.25, -0.2) is 0 Å². The van der Waals surface area contributed by atoms with Crippen molar-refractivity contribution < 1.29 is 9.90 Å². The first-order valence-electron chi connectivity index (χ1n) is 9.04. The van der Waals surface area contributed by atoms with Crippen LogP contribution in [0.5, 0.6) is 5.75 Å². The highest BCUT2D eigenvalue weighted by atomic mass is 35.5. The molecule has 0 bridgehead atoms. The Morgan fingerprint density at radius 2 is 2.11 bits per heavy atom. The maximum Gasteiger partial charge on any atom is 0.230 e. The quantitative estimate of drug-likeness (QED) is 0.641. The van der Waals surface area contributed by atoms with Crippen molar-refractivity contribution in [3.8, 4) is 5.75 Å². The van der Waals surface area contributed by atoms with Gasteiger partial charge < -0.3 is 15.8 Å². The first-order chi connectivity index (χ1) is 12.8. The second kappa shape index (κ2) is 8.01. The van der Waals surface area contributed by atoms with Crippen LogP contribution in [0, 0.1) is 6.92 Å². The summed E-state index contributed by atoms with van der Waals surface area (Å²) < 4.78 is 0. The zero-order valence-corrected chi connectivity index (χ0v) is 16.5. The SMILES string of the molecule is Cc1cc(O)c(C(C)C)cc1NC(=O)CC1=NNC(c2ccccc2Cl)C1. The molecule has 1 aliphatic heterocycles. The van der Waals surface area contributed by atoms with Gasteiger partial charge in [0.15, 0.2) is 0 Å². The Hall–Kier alpha value is -2.53. The van der Waals surface area contributed by atoms with Crippen LogP contribution < -0.4 is 10.7 Å². The molecular formula is C21H24ClN3O2. The van der Waals surface area contributed by atoms with Gasteiger partial charge in [-0.3, -0.25) is 4.79 Å². The molecule has 142 valence electrons. The van der Waals surface area contributed by atoms with E-state index in [1.165, 1.54) is 0 Å². The summed E-state index contributed by atoms with van der Waals surface area (Å²) in [4.78, 5) is 12.5. The highest BCUT2D eigenvalue weighted by Crippen LogP contribution is 2.32. The van der Waals surface area contributed by atoms with Crippen LogP contribution in [0.25, 0.3) is 0 Å². The number of carbonyl (C=O) groups excluding carboxylic acids is 1. The van der Waals surface area contributed by atoms with Gasteiger partial charge in [-0.15, -0.1) is 0 Å². The number of carbonyl (C=O) groups is 1. The number of benzene rings is 2. The molecule has 5 nitrogen and oxygen atoms in total. The zero-order chi connectivity index (χ0) is 19.6. The molecule has 3 N–H and O–H groups in total. The van der Waals surface area contributed by atoms with Crippen molar-refractivity contribution in [2.24, 2.45) is 5.10 Å². The van der Waals surface area contributed by atoms with Crippen LogP contribution in [0.4, 0.5) is 5.69 Å². The smallest absolute Gasteiger partial charge is 0.230 e. The number of aryl methyl sites for hydroxylation is 1. The van der Waals surface area contributed by atoms with Gasteiger partial charge in [0.1, 0.15) is 5.75 Å². The fraction of sp³-hybridized carbons (Fsp3) is 0.333. The first-order valence-corrected chi connectivity index (χ1v) is 9.41. The van der Waals surface area contributed by atoms with Gasteiger partial charge in [-0.2, -0.15) is 5.10 Å². The van der Waals surface area contributed by atoms with Gasteiger partial charge in [0.05, 0.1) is 12.5 Å². The van der Waals surface area contributed by atoms with Crippen LogP contribution in [-0.2, 0) is 4.79 Å².